The predicted octanol–water partition coefficient (Wildman–Crippen LogP) is 1.77. The Balaban J connectivity index is 2.70. The van der Waals surface area contributed by atoms with Crippen LogP contribution in [0.2, 0.25) is 0 Å². The molecule has 0 aromatic carbocycles. The van der Waals surface area contributed by atoms with Crippen molar-refractivity contribution in [3.8, 4) is 11.3 Å². The van der Waals surface area contributed by atoms with Gasteiger partial charge in [0.15, 0.2) is 11.5 Å². The van der Waals surface area contributed by atoms with Crippen molar-refractivity contribution < 1.29 is 9.31 Å². The molecule has 0 spiro atoms. The smallest absolute Gasteiger partial charge is 0.295 e. The second-order valence-electron chi connectivity index (χ2n) is 3.22. The Kier molecular flexibility index (Phi) is 2.65. The van der Waals surface area contributed by atoms with Crippen molar-refractivity contribution in [2.45, 2.75) is 0 Å². The quantitative estimate of drug-likeness (QED) is 0.631. The van der Waals surface area contributed by atoms with Gasteiger partial charge in [0.25, 0.3) is 5.69 Å². The van der Waals surface area contributed by atoms with Crippen molar-refractivity contribution in [1.82, 2.24) is 9.97 Å². The SMILES string of the molecule is Nc1ccc([N+](=O)[O-])c(-c2ccncc2F)n1. The monoisotopic (exact) mass is 234 g/mol. The van der Waals surface area contributed by atoms with E-state index in [1.165, 1.54) is 24.4 Å². The van der Waals surface area contributed by atoms with E-state index in [4.69, 9.17) is 5.73 Å². The molecule has 6 nitrogen and oxygen atoms in total. The molecule has 2 aromatic heterocycles. The summed E-state index contributed by atoms with van der Waals surface area (Å²) in [6.45, 7) is 0. The first kappa shape index (κ1) is 10.9. The van der Waals surface area contributed by atoms with Gasteiger partial charge in [-0.2, -0.15) is 0 Å². The number of halogens is 1. The lowest BCUT2D eigenvalue weighted by atomic mass is 10.1. The maximum atomic E-state index is 13.5. The zero-order valence-electron chi connectivity index (χ0n) is 8.50. The van der Waals surface area contributed by atoms with Gasteiger partial charge in [0.2, 0.25) is 0 Å². The summed E-state index contributed by atoms with van der Waals surface area (Å²) in [5.74, 6) is -0.601. The number of rotatable bonds is 2. The number of nitro groups is 1. The minimum absolute atomic E-state index is 0.000926. The van der Waals surface area contributed by atoms with E-state index in [2.05, 4.69) is 9.97 Å². The van der Waals surface area contributed by atoms with E-state index in [0.717, 1.165) is 6.20 Å². The first-order valence-electron chi connectivity index (χ1n) is 4.60. The van der Waals surface area contributed by atoms with Crippen LogP contribution in [0.15, 0.2) is 30.6 Å². The van der Waals surface area contributed by atoms with Gasteiger partial charge in [-0.1, -0.05) is 0 Å². The van der Waals surface area contributed by atoms with Crippen LogP contribution in [0.5, 0.6) is 0 Å². The van der Waals surface area contributed by atoms with Gasteiger partial charge >= 0.3 is 0 Å². The van der Waals surface area contributed by atoms with Crippen molar-refractivity contribution in [2.24, 2.45) is 0 Å². The molecule has 86 valence electrons. The first-order chi connectivity index (χ1) is 8.09. The molecule has 0 unspecified atom stereocenters. The van der Waals surface area contributed by atoms with E-state index >= 15 is 0 Å². The Hall–Kier alpha value is -2.57. The zero-order valence-corrected chi connectivity index (χ0v) is 8.50. The number of anilines is 1. The summed E-state index contributed by atoms with van der Waals surface area (Å²) in [6.07, 6.45) is 2.29. The van der Waals surface area contributed by atoms with E-state index < -0.39 is 10.7 Å². The summed E-state index contributed by atoms with van der Waals surface area (Å²) < 4.78 is 13.5. The molecule has 0 aliphatic rings. The number of pyridine rings is 2. The van der Waals surface area contributed by atoms with E-state index in [9.17, 15) is 14.5 Å². The average Bonchev–Trinajstić information content (AvgIpc) is 2.29. The van der Waals surface area contributed by atoms with Crippen LogP contribution in [-0.4, -0.2) is 14.9 Å². The molecule has 0 radical (unpaired) electrons. The third-order valence-corrected chi connectivity index (χ3v) is 2.12. The molecule has 2 aromatic rings. The molecule has 0 aliphatic heterocycles. The third kappa shape index (κ3) is 2.03. The number of aromatic nitrogens is 2. The lowest BCUT2D eigenvalue weighted by molar-refractivity contribution is -0.384. The molecule has 0 amide bonds. The summed E-state index contributed by atoms with van der Waals surface area (Å²) in [4.78, 5) is 17.5. The van der Waals surface area contributed by atoms with Crippen LogP contribution < -0.4 is 5.73 Å². The van der Waals surface area contributed by atoms with E-state index in [0.29, 0.717) is 0 Å². The summed E-state index contributed by atoms with van der Waals surface area (Å²) in [7, 11) is 0. The Labute approximate surface area is 95.1 Å². The van der Waals surface area contributed by atoms with Gasteiger partial charge in [-0.3, -0.25) is 15.1 Å². The molecule has 7 heteroatoms. The van der Waals surface area contributed by atoms with Crippen molar-refractivity contribution in [2.75, 3.05) is 5.73 Å². The molecule has 0 atom stereocenters. The number of hydrogen-bond donors (Lipinski definition) is 1. The lowest BCUT2D eigenvalue weighted by Gasteiger charge is -2.03. The number of nitrogens with zero attached hydrogens (tertiary/aromatic N) is 3. The second kappa shape index (κ2) is 4.12. The first-order valence-corrected chi connectivity index (χ1v) is 4.60. The predicted molar refractivity (Wildman–Crippen MR) is 58.5 cm³/mol. The molecule has 0 bridgehead atoms. The molecular weight excluding hydrogens is 227 g/mol. The second-order valence-corrected chi connectivity index (χ2v) is 3.22. The maximum Gasteiger partial charge on any atom is 0.295 e. The van der Waals surface area contributed by atoms with Gasteiger partial charge in [-0.15, -0.1) is 0 Å². The van der Waals surface area contributed by atoms with Crippen LogP contribution in [0.25, 0.3) is 11.3 Å². The van der Waals surface area contributed by atoms with Crippen LogP contribution in [0.4, 0.5) is 15.9 Å². The van der Waals surface area contributed by atoms with Crippen LogP contribution >= 0.6 is 0 Å². The van der Waals surface area contributed by atoms with Crippen molar-refractivity contribution >= 4 is 11.5 Å². The minimum atomic E-state index is -0.686. The van der Waals surface area contributed by atoms with Gasteiger partial charge < -0.3 is 5.73 Å². The van der Waals surface area contributed by atoms with Crippen molar-refractivity contribution in [3.05, 3.63) is 46.5 Å². The van der Waals surface area contributed by atoms with E-state index in [1.807, 2.05) is 0 Å². The molecular formula is C10H7FN4O2. The van der Waals surface area contributed by atoms with Crippen LogP contribution in [-0.2, 0) is 0 Å². The highest BCUT2D eigenvalue weighted by atomic mass is 19.1. The van der Waals surface area contributed by atoms with Gasteiger partial charge in [0.05, 0.1) is 11.1 Å². The van der Waals surface area contributed by atoms with Crippen molar-refractivity contribution in [1.29, 1.82) is 0 Å². The van der Waals surface area contributed by atoms with E-state index in [-0.39, 0.29) is 22.8 Å². The summed E-state index contributed by atoms with van der Waals surface area (Å²) in [6, 6.07) is 3.79. The topological polar surface area (TPSA) is 94.9 Å². The molecule has 0 aliphatic carbocycles. The standard InChI is InChI=1S/C10H7FN4O2/c11-7-5-13-4-3-6(7)10-8(15(16)17)1-2-9(12)14-10/h1-5H,(H2,12,14). The highest BCUT2D eigenvalue weighted by Gasteiger charge is 2.19. The van der Waals surface area contributed by atoms with Crippen LogP contribution in [0, 0.1) is 15.9 Å². The Morgan fingerprint density at radius 3 is 2.76 bits per heavy atom. The van der Waals surface area contributed by atoms with Gasteiger partial charge in [0.1, 0.15) is 5.82 Å². The average molecular weight is 234 g/mol. The molecule has 0 saturated carbocycles. The Morgan fingerprint density at radius 2 is 2.12 bits per heavy atom. The fourth-order valence-electron chi connectivity index (χ4n) is 1.38. The maximum absolute atomic E-state index is 13.5. The lowest BCUT2D eigenvalue weighted by Crippen LogP contribution is -1.99. The third-order valence-electron chi connectivity index (χ3n) is 2.12. The van der Waals surface area contributed by atoms with Gasteiger partial charge in [-0.25, -0.2) is 9.37 Å². The Morgan fingerprint density at radius 1 is 1.35 bits per heavy atom. The fourth-order valence-corrected chi connectivity index (χ4v) is 1.38. The van der Waals surface area contributed by atoms with E-state index in [1.54, 1.807) is 0 Å². The minimum Gasteiger partial charge on any atom is -0.384 e. The molecule has 2 heterocycles. The highest BCUT2D eigenvalue weighted by Crippen LogP contribution is 2.29. The number of nitrogen functional groups attached to an aromatic ring is 1. The van der Waals surface area contributed by atoms with Crippen molar-refractivity contribution in [3.63, 3.8) is 0 Å². The zero-order chi connectivity index (χ0) is 12.4. The number of nitrogens with two attached hydrogens (primary N) is 1. The summed E-state index contributed by atoms with van der Waals surface area (Å²) in [5, 5.41) is 10.8. The highest BCUT2D eigenvalue weighted by molar-refractivity contribution is 5.71. The Bertz CT molecular complexity index is 588. The van der Waals surface area contributed by atoms with Crippen LogP contribution in [0.1, 0.15) is 0 Å². The normalized spacial score (nSPS) is 10.2. The summed E-state index contributed by atoms with van der Waals surface area (Å²) in [5.41, 5.74) is 5.04. The van der Waals surface area contributed by atoms with Gasteiger partial charge in [0, 0.05) is 17.8 Å². The molecule has 2 rings (SSSR count). The van der Waals surface area contributed by atoms with Gasteiger partial charge in [-0.05, 0) is 12.1 Å². The molecule has 0 fully saturated rings. The fraction of sp³-hybridized carbons (Fsp3) is 0. The molecule has 17 heavy (non-hydrogen) atoms. The molecule has 0 saturated heterocycles. The van der Waals surface area contributed by atoms with Crippen LogP contribution in [0.3, 0.4) is 0 Å². The largest absolute Gasteiger partial charge is 0.384 e. The summed E-state index contributed by atoms with van der Waals surface area (Å²) >= 11 is 0. The number of hydrogen-bond acceptors (Lipinski definition) is 5. The molecule has 2 N–H and O–H groups in total.